The number of carbonyl (C=O) groups excluding carboxylic acids is 2. The summed E-state index contributed by atoms with van der Waals surface area (Å²) in [5.74, 6) is -0.208. The highest BCUT2D eigenvalue weighted by Gasteiger charge is 2.32. The van der Waals surface area contributed by atoms with Crippen LogP contribution in [0, 0.1) is 0 Å². The van der Waals surface area contributed by atoms with Crippen LogP contribution in [0.15, 0.2) is 60.8 Å². The number of thiocarbonyl (C=S) groups is 1. The molecule has 0 spiro atoms. The van der Waals surface area contributed by atoms with Crippen LogP contribution in [0.1, 0.15) is 5.69 Å². The molecule has 1 aliphatic rings. The van der Waals surface area contributed by atoms with Crippen molar-refractivity contribution in [2.24, 2.45) is 0 Å². The van der Waals surface area contributed by atoms with Gasteiger partial charge < -0.3 is 9.30 Å². The number of rotatable bonds is 5. The second-order valence-corrected chi connectivity index (χ2v) is 5.91. The molecule has 0 bridgehead atoms. The van der Waals surface area contributed by atoms with Gasteiger partial charge >= 0.3 is 0 Å². The van der Waals surface area contributed by atoms with Crippen molar-refractivity contribution in [1.29, 1.82) is 0 Å². The summed E-state index contributed by atoms with van der Waals surface area (Å²) in [6.45, 7) is 3.84. The lowest BCUT2D eigenvalue weighted by atomic mass is 10.1. The fourth-order valence-electron chi connectivity index (χ4n) is 2.63. The van der Waals surface area contributed by atoms with Crippen LogP contribution in [-0.2, 0) is 9.59 Å². The fourth-order valence-corrected chi connectivity index (χ4v) is 2.88. The molecule has 1 saturated heterocycles. The van der Waals surface area contributed by atoms with Gasteiger partial charge in [-0.15, -0.1) is 6.58 Å². The van der Waals surface area contributed by atoms with Crippen molar-refractivity contribution < 1.29 is 14.3 Å². The molecule has 6 nitrogen and oxygen atoms in total. The Kier molecular flexibility index (Phi) is 4.99. The summed E-state index contributed by atoms with van der Waals surface area (Å²) in [5.41, 5.74) is 1.60. The molecule has 132 valence electrons. The van der Waals surface area contributed by atoms with Crippen molar-refractivity contribution in [2.45, 2.75) is 0 Å². The Morgan fingerprint density at radius 3 is 2.62 bits per heavy atom. The van der Waals surface area contributed by atoms with Gasteiger partial charge in [0.1, 0.15) is 11.3 Å². The number of hydrogen-bond acceptors (Lipinski definition) is 4. The maximum absolute atomic E-state index is 12.6. The van der Waals surface area contributed by atoms with Gasteiger partial charge in [0.2, 0.25) is 0 Å². The second kappa shape index (κ2) is 7.37. The molecule has 26 heavy (non-hydrogen) atoms. The highest BCUT2D eigenvalue weighted by molar-refractivity contribution is 7.80. The Morgan fingerprint density at radius 2 is 1.96 bits per heavy atom. The quantitative estimate of drug-likeness (QED) is 0.381. The average molecular weight is 367 g/mol. The first kappa shape index (κ1) is 17.6. The van der Waals surface area contributed by atoms with E-state index < -0.39 is 11.8 Å². The van der Waals surface area contributed by atoms with Crippen LogP contribution in [0.4, 0.5) is 0 Å². The third-order valence-electron chi connectivity index (χ3n) is 3.92. The predicted octanol–water partition coefficient (Wildman–Crippen LogP) is 2.30. The van der Waals surface area contributed by atoms with Crippen LogP contribution < -0.4 is 10.1 Å². The molecule has 3 rings (SSSR count). The Bertz CT molecular complexity index is 912. The van der Waals surface area contributed by atoms with Gasteiger partial charge in [-0.05, 0) is 54.7 Å². The van der Waals surface area contributed by atoms with Crippen molar-refractivity contribution in [3.63, 3.8) is 0 Å². The summed E-state index contributed by atoms with van der Waals surface area (Å²) in [6.07, 6.45) is 4.96. The maximum atomic E-state index is 12.6. The predicted molar refractivity (Wildman–Crippen MR) is 103 cm³/mol. The van der Waals surface area contributed by atoms with Gasteiger partial charge in [-0.1, -0.05) is 6.08 Å². The molecule has 0 aliphatic carbocycles. The largest absolute Gasteiger partial charge is 0.497 e. The molecular weight excluding hydrogens is 350 g/mol. The smallest absolute Gasteiger partial charge is 0.266 e. The summed E-state index contributed by atoms with van der Waals surface area (Å²) >= 11 is 5.05. The number of methoxy groups -OCH3 is 1. The average Bonchev–Trinajstić information content (AvgIpc) is 3.10. The number of nitrogens with one attached hydrogen (secondary N) is 1. The molecule has 2 aromatic rings. The maximum Gasteiger partial charge on any atom is 0.266 e. The van der Waals surface area contributed by atoms with E-state index in [2.05, 4.69) is 11.9 Å². The van der Waals surface area contributed by atoms with E-state index in [1.165, 1.54) is 4.90 Å². The van der Waals surface area contributed by atoms with Crippen LogP contribution in [-0.4, -0.2) is 40.0 Å². The zero-order valence-corrected chi connectivity index (χ0v) is 15.0. The van der Waals surface area contributed by atoms with Crippen molar-refractivity contribution in [2.75, 3.05) is 13.7 Å². The third-order valence-corrected chi connectivity index (χ3v) is 4.24. The van der Waals surface area contributed by atoms with E-state index in [1.807, 2.05) is 47.2 Å². The zero-order chi connectivity index (χ0) is 18.7. The lowest BCUT2D eigenvalue weighted by Crippen LogP contribution is -2.53. The summed E-state index contributed by atoms with van der Waals surface area (Å²) in [5, 5.41) is 2.62. The van der Waals surface area contributed by atoms with E-state index in [0.29, 0.717) is 5.69 Å². The van der Waals surface area contributed by atoms with Crippen LogP contribution in [0.2, 0.25) is 0 Å². The number of ether oxygens (including phenoxy) is 1. The Balaban J connectivity index is 1.98. The fraction of sp³-hybridized carbons (Fsp3) is 0.105. The number of aromatic nitrogens is 1. The molecule has 0 unspecified atom stereocenters. The zero-order valence-electron chi connectivity index (χ0n) is 14.1. The Morgan fingerprint density at radius 1 is 1.23 bits per heavy atom. The van der Waals surface area contributed by atoms with Gasteiger partial charge in [0.25, 0.3) is 11.8 Å². The van der Waals surface area contributed by atoms with Gasteiger partial charge in [-0.25, -0.2) is 0 Å². The molecule has 1 N–H and O–H groups in total. The first-order valence-corrected chi connectivity index (χ1v) is 8.27. The van der Waals surface area contributed by atoms with Crippen LogP contribution >= 0.6 is 12.2 Å². The summed E-state index contributed by atoms with van der Waals surface area (Å²) in [6, 6.07) is 11.1. The van der Waals surface area contributed by atoms with Crippen LogP contribution in [0.25, 0.3) is 11.8 Å². The van der Waals surface area contributed by atoms with Gasteiger partial charge in [0.05, 0.1) is 7.11 Å². The lowest BCUT2D eigenvalue weighted by molar-refractivity contribution is -0.128. The number of amides is 2. The minimum absolute atomic E-state index is 0.0221. The molecule has 1 fully saturated rings. The van der Waals surface area contributed by atoms with E-state index in [1.54, 1.807) is 19.3 Å². The second-order valence-electron chi connectivity index (χ2n) is 5.52. The van der Waals surface area contributed by atoms with Crippen LogP contribution in [0.5, 0.6) is 5.75 Å². The standard InChI is InChI=1S/C19H17N3O3S/c1-3-10-22-18(24)16(17(23)20-19(22)26)12-14-5-4-11-21(14)13-6-8-15(25-2)9-7-13/h3-9,11-12H,1,10H2,2H3,(H,20,23,26). The minimum Gasteiger partial charge on any atom is -0.497 e. The molecule has 0 saturated carbocycles. The van der Waals surface area contributed by atoms with Gasteiger partial charge in [-0.3, -0.25) is 19.8 Å². The molecule has 7 heteroatoms. The van der Waals surface area contributed by atoms with E-state index in [0.717, 1.165) is 11.4 Å². The molecule has 0 radical (unpaired) electrons. The van der Waals surface area contributed by atoms with Gasteiger partial charge in [0.15, 0.2) is 5.11 Å². The molecule has 2 amide bonds. The minimum atomic E-state index is -0.511. The van der Waals surface area contributed by atoms with Crippen molar-refractivity contribution >= 4 is 35.2 Å². The monoisotopic (exact) mass is 367 g/mol. The summed E-state index contributed by atoms with van der Waals surface area (Å²) in [4.78, 5) is 26.2. The van der Waals surface area contributed by atoms with E-state index in [9.17, 15) is 9.59 Å². The topological polar surface area (TPSA) is 63.6 Å². The molecule has 1 aromatic heterocycles. The van der Waals surface area contributed by atoms with E-state index in [4.69, 9.17) is 17.0 Å². The molecule has 1 aliphatic heterocycles. The summed E-state index contributed by atoms with van der Waals surface area (Å²) < 4.78 is 7.04. The van der Waals surface area contributed by atoms with Crippen LogP contribution in [0.3, 0.4) is 0 Å². The Labute approximate surface area is 156 Å². The number of benzene rings is 1. The van der Waals surface area contributed by atoms with Crippen molar-refractivity contribution in [3.8, 4) is 11.4 Å². The van der Waals surface area contributed by atoms with Gasteiger partial charge in [0, 0.05) is 24.1 Å². The third kappa shape index (κ3) is 3.29. The molecule has 0 atom stereocenters. The Hall–Kier alpha value is -3.19. The number of carbonyl (C=O) groups is 2. The molecule has 2 heterocycles. The van der Waals surface area contributed by atoms with Gasteiger partial charge in [-0.2, -0.15) is 0 Å². The van der Waals surface area contributed by atoms with E-state index >= 15 is 0 Å². The first-order chi connectivity index (χ1) is 12.5. The molecular formula is C19H17N3O3S. The highest BCUT2D eigenvalue weighted by Crippen LogP contribution is 2.20. The van der Waals surface area contributed by atoms with Crippen molar-refractivity contribution in [3.05, 3.63) is 66.5 Å². The highest BCUT2D eigenvalue weighted by atomic mass is 32.1. The molecule has 1 aromatic carbocycles. The lowest BCUT2D eigenvalue weighted by Gasteiger charge is -2.27. The van der Waals surface area contributed by atoms with Crippen molar-refractivity contribution in [1.82, 2.24) is 14.8 Å². The normalized spacial score (nSPS) is 16.0. The SMILES string of the molecule is C=CCN1C(=O)C(=Cc2cccn2-c2ccc(OC)cc2)C(=O)NC1=S. The number of hydrogen-bond donors (Lipinski definition) is 1. The number of nitrogens with zero attached hydrogens (tertiary/aromatic N) is 2. The van der Waals surface area contributed by atoms with E-state index in [-0.39, 0.29) is 17.2 Å². The first-order valence-electron chi connectivity index (χ1n) is 7.86. The summed E-state index contributed by atoms with van der Waals surface area (Å²) in [7, 11) is 1.60.